The Bertz CT molecular complexity index is 1010. The van der Waals surface area contributed by atoms with E-state index in [1.54, 1.807) is 0 Å². The van der Waals surface area contributed by atoms with Gasteiger partial charge in [-0.15, -0.1) is 0 Å². The third-order valence-electron chi connectivity index (χ3n) is 4.77. The van der Waals surface area contributed by atoms with Gasteiger partial charge < -0.3 is 4.57 Å². The lowest BCUT2D eigenvalue weighted by atomic mass is 10.0. The van der Waals surface area contributed by atoms with Crippen LogP contribution in [0.25, 0.3) is 11.0 Å². The molecule has 26 heavy (non-hydrogen) atoms. The number of benzene rings is 2. The number of aromatic nitrogens is 2. The molecule has 0 aliphatic heterocycles. The van der Waals surface area contributed by atoms with E-state index in [-0.39, 0.29) is 5.91 Å². The van der Waals surface area contributed by atoms with Crippen LogP contribution in [0.4, 0.5) is 0 Å². The van der Waals surface area contributed by atoms with Gasteiger partial charge in [0.25, 0.3) is 5.91 Å². The number of fused-ring (bicyclic) bond motifs is 1. The molecule has 1 heterocycles. The second-order valence-corrected chi connectivity index (χ2v) is 6.54. The van der Waals surface area contributed by atoms with Crippen LogP contribution in [0.15, 0.2) is 41.5 Å². The zero-order valence-electron chi connectivity index (χ0n) is 15.9. The maximum atomic E-state index is 12.5. The van der Waals surface area contributed by atoms with Gasteiger partial charge in [-0.05, 0) is 75.6 Å². The largest absolute Gasteiger partial charge is 0.329 e. The summed E-state index contributed by atoms with van der Waals surface area (Å²) in [6.45, 7) is 10.9. The molecule has 1 amide bonds. The molecule has 1 N–H and O–H groups in total. The van der Waals surface area contributed by atoms with E-state index >= 15 is 0 Å². The minimum Gasteiger partial charge on any atom is -0.329 e. The monoisotopic (exact) mass is 348 g/mol. The molecule has 5 nitrogen and oxygen atoms in total. The maximum absolute atomic E-state index is 12.5. The summed E-state index contributed by atoms with van der Waals surface area (Å²) in [4.78, 5) is 17.0. The van der Waals surface area contributed by atoms with E-state index in [9.17, 15) is 4.79 Å². The number of hydrogen-bond donors (Lipinski definition) is 1. The summed E-state index contributed by atoms with van der Waals surface area (Å²) >= 11 is 0. The summed E-state index contributed by atoms with van der Waals surface area (Å²) < 4.78 is 2.12. The first kappa shape index (κ1) is 17.9. The highest BCUT2D eigenvalue weighted by molar-refractivity contribution is 6.01. The number of hydrazone groups is 1. The Morgan fingerprint density at radius 3 is 2.50 bits per heavy atom. The SMILES string of the molecule is CCn1c(C)nc2cc(C(=O)NN=C(C)c3ccc(C)c(C)c3)ccc21. The molecule has 0 saturated heterocycles. The molecule has 0 atom stereocenters. The predicted octanol–water partition coefficient (Wildman–Crippen LogP) is 4.14. The molecule has 134 valence electrons. The van der Waals surface area contributed by atoms with E-state index in [2.05, 4.69) is 53.0 Å². The average molecular weight is 348 g/mol. The first-order valence-corrected chi connectivity index (χ1v) is 8.80. The van der Waals surface area contributed by atoms with Crippen molar-refractivity contribution in [3.8, 4) is 0 Å². The molecule has 0 unspecified atom stereocenters. The minimum absolute atomic E-state index is 0.237. The van der Waals surface area contributed by atoms with Gasteiger partial charge in [-0.2, -0.15) is 5.10 Å². The Morgan fingerprint density at radius 2 is 1.81 bits per heavy atom. The Balaban J connectivity index is 1.81. The minimum atomic E-state index is -0.237. The molecule has 5 heteroatoms. The van der Waals surface area contributed by atoms with Crippen LogP contribution in [-0.2, 0) is 6.54 Å². The highest BCUT2D eigenvalue weighted by atomic mass is 16.2. The smallest absolute Gasteiger partial charge is 0.271 e. The van der Waals surface area contributed by atoms with E-state index in [0.717, 1.165) is 34.7 Å². The van der Waals surface area contributed by atoms with Gasteiger partial charge in [0.2, 0.25) is 0 Å². The number of aryl methyl sites for hydroxylation is 4. The summed E-state index contributed by atoms with van der Waals surface area (Å²) in [5.74, 6) is 0.711. The number of hydrogen-bond acceptors (Lipinski definition) is 3. The highest BCUT2D eigenvalue weighted by Crippen LogP contribution is 2.18. The molecule has 0 bridgehead atoms. The van der Waals surface area contributed by atoms with Crippen molar-refractivity contribution in [3.63, 3.8) is 0 Å². The number of nitrogens with one attached hydrogen (secondary N) is 1. The van der Waals surface area contributed by atoms with Crippen LogP contribution in [-0.4, -0.2) is 21.2 Å². The highest BCUT2D eigenvalue weighted by Gasteiger charge is 2.11. The maximum Gasteiger partial charge on any atom is 0.271 e. The van der Waals surface area contributed by atoms with Crippen LogP contribution in [0, 0.1) is 20.8 Å². The molecule has 0 spiro atoms. The normalized spacial score (nSPS) is 11.8. The molecule has 0 saturated carbocycles. The molecular formula is C21H24N4O. The zero-order valence-corrected chi connectivity index (χ0v) is 15.9. The molecular weight excluding hydrogens is 324 g/mol. The summed E-state index contributed by atoms with van der Waals surface area (Å²) in [7, 11) is 0. The van der Waals surface area contributed by atoms with Crippen molar-refractivity contribution in [1.29, 1.82) is 0 Å². The quantitative estimate of drug-likeness (QED) is 0.569. The van der Waals surface area contributed by atoms with E-state index in [4.69, 9.17) is 0 Å². The number of rotatable bonds is 4. The summed E-state index contributed by atoms with van der Waals surface area (Å²) in [6, 6.07) is 11.7. The van der Waals surface area contributed by atoms with Crippen molar-refractivity contribution >= 4 is 22.7 Å². The van der Waals surface area contributed by atoms with Crippen molar-refractivity contribution in [2.45, 2.75) is 41.2 Å². The van der Waals surface area contributed by atoms with Gasteiger partial charge in [-0.3, -0.25) is 4.79 Å². The summed E-state index contributed by atoms with van der Waals surface area (Å²) in [5.41, 5.74) is 9.27. The molecule has 2 aromatic carbocycles. The van der Waals surface area contributed by atoms with E-state index in [1.165, 1.54) is 11.1 Å². The Kier molecular flexibility index (Phi) is 4.89. The van der Waals surface area contributed by atoms with Gasteiger partial charge in [0.1, 0.15) is 5.82 Å². The summed E-state index contributed by atoms with van der Waals surface area (Å²) in [5, 5.41) is 4.25. The predicted molar refractivity (Wildman–Crippen MR) is 106 cm³/mol. The Hall–Kier alpha value is -2.95. The van der Waals surface area contributed by atoms with Crippen molar-refractivity contribution in [2.75, 3.05) is 0 Å². The zero-order chi connectivity index (χ0) is 18.8. The molecule has 1 aromatic heterocycles. The van der Waals surface area contributed by atoms with Crippen molar-refractivity contribution in [2.24, 2.45) is 5.10 Å². The van der Waals surface area contributed by atoms with Gasteiger partial charge >= 0.3 is 0 Å². The van der Waals surface area contributed by atoms with Gasteiger partial charge in [-0.1, -0.05) is 12.1 Å². The second-order valence-electron chi connectivity index (χ2n) is 6.54. The van der Waals surface area contributed by atoms with Crippen molar-refractivity contribution in [1.82, 2.24) is 15.0 Å². The van der Waals surface area contributed by atoms with Crippen LogP contribution >= 0.6 is 0 Å². The van der Waals surface area contributed by atoms with Gasteiger partial charge in [0, 0.05) is 12.1 Å². The van der Waals surface area contributed by atoms with Crippen LogP contribution in [0.1, 0.15) is 46.7 Å². The topological polar surface area (TPSA) is 59.3 Å². The summed E-state index contributed by atoms with van der Waals surface area (Å²) in [6.07, 6.45) is 0. The number of imidazole rings is 1. The first-order valence-electron chi connectivity index (χ1n) is 8.80. The Labute approximate surface area is 153 Å². The van der Waals surface area contributed by atoms with Crippen LogP contribution < -0.4 is 5.43 Å². The number of carbonyl (C=O) groups is 1. The molecule has 3 rings (SSSR count). The lowest BCUT2D eigenvalue weighted by molar-refractivity contribution is 0.0955. The second kappa shape index (κ2) is 7.12. The molecule has 0 radical (unpaired) electrons. The van der Waals surface area contributed by atoms with Crippen LogP contribution in [0.5, 0.6) is 0 Å². The van der Waals surface area contributed by atoms with Crippen molar-refractivity contribution < 1.29 is 4.79 Å². The Morgan fingerprint density at radius 1 is 1.08 bits per heavy atom. The van der Waals surface area contributed by atoms with Gasteiger partial charge in [0.15, 0.2) is 0 Å². The number of amides is 1. The molecule has 0 aliphatic rings. The number of carbonyl (C=O) groups excluding carboxylic acids is 1. The third kappa shape index (κ3) is 3.38. The van der Waals surface area contributed by atoms with Gasteiger partial charge in [-0.25, -0.2) is 10.4 Å². The van der Waals surface area contributed by atoms with Gasteiger partial charge in [0.05, 0.1) is 16.7 Å². The fourth-order valence-corrected chi connectivity index (χ4v) is 3.02. The average Bonchev–Trinajstić information content (AvgIpc) is 2.95. The first-order chi connectivity index (χ1) is 12.4. The van der Waals surface area contributed by atoms with Crippen LogP contribution in [0.2, 0.25) is 0 Å². The van der Waals surface area contributed by atoms with Crippen LogP contribution in [0.3, 0.4) is 0 Å². The van der Waals surface area contributed by atoms with E-state index < -0.39 is 0 Å². The lowest BCUT2D eigenvalue weighted by Gasteiger charge is -2.06. The third-order valence-corrected chi connectivity index (χ3v) is 4.77. The fourth-order valence-electron chi connectivity index (χ4n) is 3.02. The standard InChI is InChI=1S/C21H24N4O/c1-6-25-16(5)22-19-12-18(9-10-20(19)25)21(26)24-23-15(4)17-8-7-13(2)14(3)11-17/h7-12H,6H2,1-5H3,(H,24,26). The van der Waals surface area contributed by atoms with Crippen molar-refractivity contribution in [3.05, 3.63) is 64.5 Å². The lowest BCUT2D eigenvalue weighted by Crippen LogP contribution is -2.19. The molecule has 0 fully saturated rings. The van der Waals surface area contributed by atoms with E-state index in [0.29, 0.717) is 5.56 Å². The fraction of sp³-hybridized carbons (Fsp3) is 0.286. The number of nitrogens with zero attached hydrogens (tertiary/aromatic N) is 3. The van der Waals surface area contributed by atoms with E-state index in [1.807, 2.05) is 38.1 Å². The molecule has 0 aliphatic carbocycles. The molecule has 3 aromatic rings.